The second-order valence-electron chi connectivity index (χ2n) is 10.8. The molecule has 2 N–H and O–H groups in total. The molecule has 0 amide bonds. The summed E-state index contributed by atoms with van der Waals surface area (Å²) >= 11 is 1.54. The maximum Gasteiger partial charge on any atom is 0.335 e. The molecule has 4 aromatic rings. The number of carboxylic acid groups (broad SMARTS) is 1. The van der Waals surface area contributed by atoms with Crippen LogP contribution in [0.15, 0.2) is 83.1 Å². The number of hydrogen-bond acceptors (Lipinski definition) is 6. The van der Waals surface area contributed by atoms with Gasteiger partial charge in [0, 0.05) is 29.2 Å². The molecule has 0 atom stereocenters. The minimum Gasteiger partial charge on any atom is -0.478 e. The minimum absolute atomic E-state index is 0.182. The zero-order valence-corrected chi connectivity index (χ0v) is 24.9. The number of nitrogens with one attached hydrogen (secondary N) is 1. The van der Waals surface area contributed by atoms with Crippen molar-refractivity contribution >= 4 is 38.1 Å². The van der Waals surface area contributed by atoms with Crippen LogP contribution in [0.3, 0.4) is 0 Å². The predicted octanol–water partition coefficient (Wildman–Crippen LogP) is 7.77. The third kappa shape index (κ3) is 6.97. The van der Waals surface area contributed by atoms with Gasteiger partial charge in [-0.25, -0.2) is 18.2 Å². The molecule has 1 aliphatic rings. The Labute approximate surface area is 245 Å². The van der Waals surface area contributed by atoms with Crippen LogP contribution in [-0.4, -0.2) is 30.5 Å². The first-order chi connectivity index (χ1) is 19.7. The highest BCUT2D eigenvalue weighted by Crippen LogP contribution is 2.34. The number of nitrogens with zero attached hydrogens (tertiary/aromatic N) is 2. The Hall–Kier alpha value is -3.69. The van der Waals surface area contributed by atoms with Crippen molar-refractivity contribution < 1.29 is 18.3 Å². The SMILES string of the molecule is CC(C)N(Cc1ccc(C(=O)O)cc1)c1nc(-c2ccc(NS(=O)(=O)c3ccc(C4CCCCC4)cc3)cc2)cs1. The zero-order chi connectivity index (χ0) is 29.0. The van der Waals surface area contributed by atoms with Gasteiger partial charge in [-0.1, -0.05) is 55.7 Å². The zero-order valence-electron chi connectivity index (χ0n) is 23.3. The van der Waals surface area contributed by atoms with Crippen LogP contribution in [-0.2, 0) is 16.6 Å². The molecule has 0 aliphatic heterocycles. The van der Waals surface area contributed by atoms with Crippen LogP contribution in [0.4, 0.5) is 10.8 Å². The van der Waals surface area contributed by atoms with Crippen molar-refractivity contribution in [3.8, 4) is 11.3 Å². The first-order valence-electron chi connectivity index (χ1n) is 14.0. The van der Waals surface area contributed by atoms with Gasteiger partial charge in [0.25, 0.3) is 10.0 Å². The standard InChI is InChI=1S/C32H35N3O4S2/c1-22(2)35(20-23-8-10-27(11-9-23)31(36)37)32-33-30(21-40-32)26-12-16-28(17-13-26)34-41(38,39)29-18-14-25(15-19-29)24-6-4-3-5-7-24/h8-19,21-22,24,34H,3-7,20H2,1-2H3,(H,36,37). The van der Waals surface area contributed by atoms with Crippen molar-refractivity contribution in [2.24, 2.45) is 0 Å². The highest BCUT2D eigenvalue weighted by Gasteiger charge is 2.19. The lowest BCUT2D eigenvalue weighted by atomic mass is 9.84. The molecule has 3 aromatic carbocycles. The summed E-state index contributed by atoms with van der Waals surface area (Å²) in [6.45, 7) is 4.79. The van der Waals surface area contributed by atoms with Crippen LogP contribution in [0.25, 0.3) is 11.3 Å². The van der Waals surface area contributed by atoms with E-state index in [9.17, 15) is 13.2 Å². The summed E-state index contributed by atoms with van der Waals surface area (Å²) in [4.78, 5) is 18.5. The topological polar surface area (TPSA) is 99.6 Å². The number of hydrogen-bond donors (Lipinski definition) is 2. The molecule has 214 valence electrons. The number of anilines is 2. The van der Waals surface area contributed by atoms with Gasteiger partial charge in [0.2, 0.25) is 0 Å². The van der Waals surface area contributed by atoms with E-state index in [1.165, 1.54) is 37.7 Å². The fourth-order valence-corrected chi connectivity index (χ4v) is 7.25. The van der Waals surface area contributed by atoms with Gasteiger partial charge in [-0.3, -0.25) is 4.72 Å². The number of thiazole rings is 1. The Bertz CT molecular complexity index is 1570. The Kier molecular flexibility index (Phi) is 8.75. The van der Waals surface area contributed by atoms with Crippen LogP contribution in [0.2, 0.25) is 0 Å². The molecule has 0 unspecified atom stereocenters. The quantitative estimate of drug-likeness (QED) is 0.196. The van der Waals surface area contributed by atoms with Gasteiger partial charge in [-0.05, 0) is 80.1 Å². The molecule has 1 fully saturated rings. The van der Waals surface area contributed by atoms with E-state index in [1.54, 1.807) is 47.7 Å². The lowest BCUT2D eigenvalue weighted by Gasteiger charge is -2.26. The number of carbonyl (C=O) groups is 1. The van der Waals surface area contributed by atoms with Crippen LogP contribution < -0.4 is 9.62 Å². The monoisotopic (exact) mass is 589 g/mol. The van der Waals surface area contributed by atoms with Crippen molar-refractivity contribution in [3.05, 3.63) is 94.9 Å². The summed E-state index contributed by atoms with van der Waals surface area (Å²) in [7, 11) is -3.70. The normalized spacial score (nSPS) is 14.2. The lowest BCUT2D eigenvalue weighted by Crippen LogP contribution is -2.30. The summed E-state index contributed by atoms with van der Waals surface area (Å²) in [5.41, 5.74) is 4.68. The van der Waals surface area contributed by atoms with Crippen molar-refractivity contribution in [3.63, 3.8) is 0 Å². The van der Waals surface area contributed by atoms with E-state index in [-0.39, 0.29) is 16.5 Å². The molecular formula is C32H35N3O4S2. The van der Waals surface area contributed by atoms with Gasteiger partial charge in [0.1, 0.15) is 0 Å². The van der Waals surface area contributed by atoms with Crippen LogP contribution >= 0.6 is 11.3 Å². The molecule has 9 heteroatoms. The fourth-order valence-electron chi connectivity index (χ4n) is 5.23. The minimum atomic E-state index is -3.70. The Morgan fingerprint density at radius 3 is 2.24 bits per heavy atom. The second kappa shape index (κ2) is 12.4. The van der Waals surface area contributed by atoms with Gasteiger partial charge in [-0.15, -0.1) is 11.3 Å². The van der Waals surface area contributed by atoms with E-state index in [1.807, 2.05) is 41.8 Å². The van der Waals surface area contributed by atoms with Crippen molar-refractivity contribution in [1.29, 1.82) is 0 Å². The number of rotatable bonds is 10. The average Bonchev–Trinajstić information content (AvgIpc) is 3.46. The summed E-state index contributed by atoms with van der Waals surface area (Å²) in [6, 6.07) is 21.7. The molecule has 0 spiro atoms. The lowest BCUT2D eigenvalue weighted by molar-refractivity contribution is 0.0697. The summed E-state index contributed by atoms with van der Waals surface area (Å²) < 4.78 is 28.8. The molecular weight excluding hydrogens is 555 g/mol. The van der Waals surface area contributed by atoms with E-state index < -0.39 is 16.0 Å². The van der Waals surface area contributed by atoms with Gasteiger partial charge >= 0.3 is 5.97 Å². The summed E-state index contributed by atoms with van der Waals surface area (Å²) in [5.74, 6) is -0.408. The molecule has 1 saturated carbocycles. The van der Waals surface area contributed by atoms with Gasteiger partial charge < -0.3 is 10.0 Å². The average molecular weight is 590 g/mol. The summed E-state index contributed by atoms with van der Waals surface area (Å²) in [5, 5.41) is 12.0. The van der Waals surface area contributed by atoms with Crippen LogP contribution in [0.5, 0.6) is 0 Å². The van der Waals surface area contributed by atoms with Gasteiger partial charge in [0.05, 0.1) is 16.2 Å². The first kappa shape index (κ1) is 28.8. The highest BCUT2D eigenvalue weighted by molar-refractivity contribution is 7.92. The highest BCUT2D eigenvalue weighted by atomic mass is 32.2. The third-order valence-electron chi connectivity index (χ3n) is 7.61. The molecule has 0 saturated heterocycles. The van der Waals surface area contributed by atoms with Crippen molar-refractivity contribution in [2.75, 3.05) is 9.62 Å². The first-order valence-corrected chi connectivity index (χ1v) is 16.3. The molecule has 41 heavy (non-hydrogen) atoms. The smallest absolute Gasteiger partial charge is 0.335 e. The second-order valence-corrected chi connectivity index (χ2v) is 13.3. The largest absolute Gasteiger partial charge is 0.478 e. The van der Waals surface area contributed by atoms with E-state index in [4.69, 9.17) is 10.1 Å². The van der Waals surface area contributed by atoms with Crippen LogP contribution in [0.1, 0.15) is 73.4 Å². The van der Waals surface area contributed by atoms with E-state index in [0.717, 1.165) is 22.0 Å². The molecule has 0 radical (unpaired) electrons. The van der Waals surface area contributed by atoms with Crippen molar-refractivity contribution in [2.45, 2.75) is 69.4 Å². The number of aromatic nitrogens is 1. The molecule has 7 nitrogen and oxygen atoms in total. The Morgan fingerprint density at radius 2 is 1.63 bits per heavy atom. The number of sulfonamides is 1. The maximum atomic E-state index is 13.0. The van der Waals surface area contributed by atoms with E-state index in [0.29, 0.717) is 18.2 Å². The Balaban J connectivity index is 1.25. The predicted molar refractivity (Wildman–Crippen MR) is 165 cm³/mol. The van der Waals surface area contributed by atoms with Gasteiger partial charge in [-0.2, -0.15) is 0 Å². The van der Waals surface area contributed by atoms with E-state index >= 15 is 0 Å². The van der Waals surface area contributed by atoms with Gasteiger partial charge in [0.15, 0.2) is 5.13 Å². The molecule has 1 aromatic heterocycles. The molecule has 1 heterocycles. The molecule has 1 aliphatic carbocycles. The number of benzene rings is 3. The fraction of sp³-hybridized carbons (Fsp3) is 0.312. The third-order valence-corrected chi connectivity index (χ3v) is 9.89. The summed E-state index contributed by atoms with van der Waals surface area (Å²) in [6.07, 6.45) is 6.12. The molecule has 0 bridgehead atoms. The number of aromatic carboxylic acids is 1. The Morgan fingerprint density at radius 1 is 0.976 bits per heavy atom. The maximum absolute atomic E-state index is 13.0. The van der Waals surface area contributed by atoms with E-state index in [2.05, 4.69) is 23.5 Å². The molecule has 5 rings (SSSR count). The van der Waals surface area contributed by atoms with Crippen LogP contribution in [0, 0.1) is 0 Å². The van der Waals surface area contributed by atoms with Crippen molar-refractivity contribution in [1.82, 2.24) is 4.98 Å². The number of carboxylic acids is 1.